The van der Waals surface area contributed by atoms with Crippen LogP contribution in [0.5, 0.6) is 0 Å². The van der Waals surface area contributed by atoms with E-state index in [1.807, 2.05) is 0 Å². The largest absolute Gasteiger partial charge is 0.459 e. The Bertz CT molecular complexity index is 283. The molecule has 1 amide bonds. The molecule has 0 atom stereocenters. The lowest BCUT2D eigenvalue weighted by molar-refractivity contribution is -0.352. The first-order valence-electron chi connectivity index (χ1n) is 3.68. The van der Waals surface area contributed by atoms with Crippen molar-refractivity contribution in [3.05, 3.63) is 12.7 Å². The lowest BCUT2D eigenvalue weighted by Gasteiger charge is -2.28. The molecule has 0 unspecified atom stereocenters. The van der Waals surface area contributed by atoms with E-state index in [1.54, 1.807) is 0 Å². The monoisotopic (exact) mass is 253 g/mol. The van der Waals surface area contributed by atoms with Crippen LogP contribution in [0.2, 0.25) is 0 Å². The van der Waals surface area contributed by atoms with Crippen molar-refractivity contribution < 1.29 is 35.5 Å². The molecule has 0 fully saturated rings. The summed E-state index contributed by atoms with van der Waals surface area (Å²) in [4.78, 5) is 10.3. The zero-order valence-electron chi connectivity index (χ0n) is 7.55. The van der Waals surface area contributed by atoms with E-state index in [4.69, 9.17) is 0 Å². The van der Waals surface area contributed by atoms with Crippen molar-refractivity contribution in [2.45, 2.75) is 18.0 Å². The second-order valence-electron chi connectivity index (χ2n) is 2.70. The van der Waals surface area contributed by atoms with Gasteiger partial charge in [0.25, 0.3) is 0 Å². The number of rotatable bonds is 4. The van der Waals surface area contributed by atoms with Crippen LogP contribution in [0.15, 0.2) is 12.7 Å². The maximum Gasteiger partial charge on any atom is 0.459 e. The molecule has 0 aromatic carbocycles. The lowest BCUT2D eigenvalue weighted by Crippen LogP contribution is -2.56. The molecule has 0 spiro atoms. The summed E-state index contributed by atoms with van der Waals surface area (Å²) in [7, 11) is 0. The van der Waals surface area contributed by atoms with Crippen molar-refractivity contribution in [2.24, 2.45) is 0 Å². The maximum atomic E-state index is 12.5. The first-order chi connectivity index (χ1) is 6.95. The van der Waals surface area contributed by atoms with E-state index in [0.717, 1.165) is 5.32 Å². The summed E-state index contributed by atoms with van der Waals surface area (Å²) in [5.74, 6) is -12.9. The Hall–Kier alpha value is -1.28. The van der Waals surface area contributed by atoms with Crippen LogP contribution in [-0.2, 0) is 4.79 Å². The van der Waals surface area contributed by atoms with E-state index >= 15 is 0 Å². The van der Waals surface area contributed by atoms with Crippen LogP contribution in [0.3, 0.4) is 0 Å². The van der Waals surface area contributed by atoms with Crippen LogP contribution in [0.25, 0.3) is 0 Å². The average molecular weight is 253 g/mol. The SMILES string of the molecule is C=CC(=O)NCC(F)(F)C(F)(F)C(F)(F)F. The molecule has 0 aliphatic carbocycles. The number of carbonyl (C=O) groups excluding carboxylic acids is 1. The van der Waals surface area contributed by atoms with Crippen molar-refractivity contribution in [1.82, 2.24) is 5.32 Å². The van der Waals surface area contributed by atoms with Gasteiger partial charge >= 0.3 is 18.0 Å². The van der Waals surface area contributed by atoms with Gasteiger partial charge in [-0.3, -0.25) is 4.79 Å². The molecule has 0 aliphatic heterocycles. The Balaban J connectivity index is 4.78. The number of hydrogen-bond acceptors (Lipinski definition) is 1. The number of nitrogens with one attached hydrogen (secondary N) is 1. The number of carbonyl (C=O) groups is 1. The van der Waals surface area contributed by atoms with E-state index in [-0.39, 0.29) is 0 Å². The summed E-state index contributed by atoms with van der Waals surface area (Å²) in [6, 6.07) is 0. The normalized spacial score (nSPS) is 13.4. The van der Waals surface area contributed by atoms with Crippen molar-refractivity contribution in [3.63, 3.8) is 0 Å². The van der Waals surface area contributed by atoms with E-state index in [0.29, 0.717) is 6.08 Å². The second-order valence-corrected chi connectivity index (χ2v) is 2.70. The summed E-state index contributed by atoms with van der Waals surface area (Å²) in [6.07, 6.45) is -5.93. The lowest BCUT2D eigenvalue weighted by atomic mass is 10.1. The zero-order chi connectivity index (χ0) is 13.2. The molecule has 0 heterocycles. The third-order valence-corrected chi connectivity index (χ3v) is 1.49. The van der Waals surface area contributed by atoms with Gasteiger partial charge in [0.2, 0.25) is 5.91 Å². The Morgan fingerprint density at radius 3 is 1.88 bits per heavy atom. The van der Waals surface area contributed by atoms with Crippen LogP contribution in [0.4, 0.5) is 30.7 Å². The van der Waals surface area contributed by atoms with Gasteiger partial charge in [-0.15, -0.1) is 0 Å². The molecular weight excluding hydrogens is 247 g/mol. The Labute approximate surface area is 85.1 Å². The van der Waals surface area contributed by atoms with Gasteiger partial charge in [0, 0.05) is 0 Å². The van der Waals surface area contributed by atoms with Crippen molar-refractivity contribution >= 4 is 5.91 Å². The van der Waals surface area contributed by atoms with Crippen molar-refractivity contribution in [1.29, 1.82) is 0 Å². The molecule has 0 saturated carbocycles. The number of alkyl halides is 7. The molecule has 1 N–H and O–H groups in total. The third kappa shape index (κ3) is 2.86. The van der Waals surface area contributed by atoms with E-state index in [1.165, 1.54) is 0 Å². The predicted molar refractivity (Wildman–Crippen MR) is 39.2 cm³/mol. The van der Waals surface area contributed by atoms with Gasteiger partial charge in [-0.05, 0) is 6.08 Å². The molecular formula is C7H6F7NO. The number of halogens is 7. The highest BCUT2D eigenvalue weighted by atomic mass is 19.4. The van der Waals surface area contributed by atoms with Gasteiger partial charge in [-0.25, -0.2) is 0 Å². The van der Waals surface area contributed by atoms with Gasteiger partial charge in [0.1, 0.15) is 0 Å². The molecule has 0 saturated heterocycles. The highest BCUT2D eigenvalue weighted by Crippen LogP contribution is 2.45. The fourth-order valence-corrected chi connectivity index (χ4v) is 0.589. The summed E-state index contributed by atoms with van der Waals surface area (Å²) >= 11 is 0. The molecule has 0 radical (unpaired) electrons. The Kier molecular flexibility index (Phi) is 3.96. The summed E-state index contributed by atoms with van der Waals surface area (Å²) in [5.41, 5.74) is 0. The molecule has 9 heteroatoms. The zero-order valence-corrected chi connectivity index (χ0v) is 7.55. The highest BCUT2D eigenvalue weighted by molar-refractivity contribution is 5.86. The number of hydrogen-bond donors (Lipinski definition) is 1. The van der Waals surface area contributed by atoms with Gasteiger partial charge in [-0.2, -0.15) is 30.7 Å². The maximum absolute atomic E-state index is 12.5. The first kappa shape index (κ1) is 14.7. The summed E-state index contributed by atoms with van der Waals surface area (Å²) < 4.78 is 84.1. The predicted octanol–water partition coefficient (Wildman–Crippen LogP) is 2.12. The van der Waals surface area contributed by atoms with Crippen LogP contribution in [0.1, 0.15) is 0 Å². The van der Waals surface area contributed by atoms with Crippen LogP contribution >= 0.6 is 0 Å². The Morgan fingerprint density at radius 1 is 1.12 bits per heavy atom. The molecule has 0 rings (SSSR count). The molecule has 16 heavy (non-hydrogen) atoms. The van der Waals surface area contributed by atoms with Gasteiger partial charge < -0.3 is 5.32 Å². The van der Waals surface area contributed by atoms with Crippen LogP contribution < -0.4 is 5.32 Å². The molecule has 0 aliphatic rings. The van der Waals surface area contributed by atoms with Gasteiger partial charge in [0.05, 0.1) is 6.54 Å². The van der Waals surface area contributed by atoms with Crippen molar-refractivity contribution in [3.8, 4) is 0 Å². The molecule has 0 bridgehead atoms. The third-order valence-electron chi connectivity index (χ3n) is 1.49. The standard InChI is InChI=1S/C7H6F7NO/c1-2-4(16)15-3-5(8,9)6(10,11)7(12,13)14/h2H,1,3H2,(H,15,16). The first-order valence-corrected chi connectivity index (χ1v) is 3.68. The molecule has 0 aromatic rings. The quantitative estimate of drug-likeness (QED) is 0.603. The van der Waals surface area contributed by atoms with E-state index in [2.05, 4.69) is 6.58 Å². The summed E-state index contributed by atoms with van der Waals surface area (Å²) in [6.45, 7) is 0.671. The molecule has 0 aromatic heterocycles. The van der Waals surface area contributed by atoms with Crippen LogP contribution in [0, 0.1) is 0 Å². The van der Waals surface area contributed by atoms with Crippen LogP contribution in [-0.4, -0.2) is 30.5 Å². The van der Waals surface area contributed by atoms with Gasteiger partial charge in [-0.1, -0.05) is 6.58 Å². The summed E-state index contributed by atoms with van der Waals surface area (Å²) in [5, 5.41) is 1.16. The Morgan fingerprint density at radius 2 is 1.56 bits per heavy atom. The highest BCUT2D eigenvalue weighted by Gasteiger charge is 2.72. The van der Waals surface area contributed by atoms with E-state index in [9.17, 15) is 35.5 Å². The fourth-order valence-electron chi connectivity index (χ4n) is 0.589. The number of amides is 1. The van der Waals surface area contributed by atoms with E-state index < -0.39 is 30.5 Å². The van der Waals surface area contributed by atoms with Gasteiger partial charge in [0.15, 0.2) is 0 Å². The molecule has 94 valence electrons. The smallest absolute Gasteiger partial charge is 0.346 e. The fraction of sp³-hybridized carbons (Fsp3) is 0.571. The minimum atomic E-state index is -6.39. The van der Waals surface area contributed by atoms with Crippen molar-refractivity contribution in [2.75, 3.05) is 6.54 Å². The minimum Gasteiger partial charge on any atom is -0.346 e. The molecule has 2 nitrogen and oxygen atoms in total. The average Bonchev–Trinajstić information content (AvgIpc) is 2.12. The topological polar surface area (TPSA) is 29.1 Å². The minimum absolute atomic E-state index is 0.460. The second kappa shape index (κ2) is 4.30.